The second-order valence-corrected chi connectivity index (χ2v) is 8.30. The summed E-state index contributed by atoms with van der Waals surface area (Å²) in [5, 5.41) is 11.6. The van der Waals surface area contributed by atoms with Gasteiger partial charge < -0.3 is 10.4 Å². The number of sulfone groups is 1. The molecular weight excluding hydrogens is 330 g/mol. The van der Waals surface area contributed by atoms with Crippen molar-refractivity contribution in [2.24, 2.45) is 0 Å². The molecule has 2 N–H and O–H groups in total. The van der Waals surface area contributed by atoms with Gasteiger partial charge in [0.2, 0.25) is 5.91 Å². The van der Waals surface area contributed by atoms with Crippen molar-refractivity contribution in [1.29, 1.82) is 0 Å². The molecule has 6 nitrogen and oxygen atoms in total. The largest absolute Gasteiger partial charge is 0.480 e. The van der Waals surface area contributed by atoms with Crippen molar-refractivity contribution in [3.05, 3.63) is 35.9 Å². The van der Waals surface area contributed by atoms with Crippen LogP contribution >= 0.6 is 0 Å². The van der Waals surface area contributed by atoms with Crippen LogP contribution in [0.1, 0.15) is 38.7 Å². The molecule has 0 spiro atoms. The van der Waals surface area contributed by atoms with E-state index in [-0.39, 0.29) is 12.2 Å². The van der Waals surface area contributed by atoms with Gasteiger partial charge in [0.1, 0.15) is 11.3 Å². The van der Waals surface area contributed by atoms with Gasteiger partial charge in [0.05, 0.1) is 5.75 Å². The molecule has 1 aromatic rings. The van der Waals surface area contributed by atoms with Crippen LogP contribution < -0.4 is 5.32 Å². The molecule has 0 saturated heterocycles. The molecule has 0 radical (unpaired) electrons. The zero-order chi connectivity index (χ0) is 18.2. The van der Waals surface area contributed by atoms with Crippen LogP contribution in [-0.2, 0) is 25.8 Å². The van der Waals surface area contributed by atoms with Crippen LogP contribution in [0, 0.1) is 0 Å². The smallest absolute Gasteiger partial charge is 0.329 e. The summed E-state index contributed by atoms with van der Waals surface area (Å²) >= 11 is 0. The van der Waals surface area contributed by atoms with Gasteiger partial charge >= 0.3 is 5.97 Å². The predicted octanol–water partition coefficient (Wildman–Crippen LogP) is 1.79. The Bertz CT molecular complexity index is 657. The van der Waals surface area contributed by atoms with E-state index in [4.69, 9.17) is 0 Å². The Balaban J connectivity index is 2.53. The first-order valence-electron chi connectivity index (χ1n) is 7.97. The quantitative estimate of drug-likeness (QED) is 0.666. The monoisotopic (exact) mass is 355 g/mol. The first-order valence-corrected chi connectivity index (χ1v) is 9.79. The summed E-state index contributed by atoms with van der Waals surface area (Å²) in [5.74, 6) is -2.73. The number of rotatable bonds is 10. The molecule has 0 saturated carbocycles. The summed E-state index contributed by atoms with van der Waals surface area (Å²) in [6.07, 6.45) is 1.84. The number of carboxylic acid groups (broad SMARTS) is 1. The van der Waals surface area contributed by atoms with Crippen LogP contribution in [0.2, 0.25) is 0 Å². The Morgan fingerprint density at radius 2 is 1.83 bits per heavy atom. The van der Waals surface area contributed by atoms with Gasteiger partial charge in [0.15, 0.2) is 9.84 Å². The summed E-state index contributed by atoms with van der Waals surface area (Å²) in [7, 11) is -3.57. The van der Waals surface area contributed by atoms with Gasteiger partial charge in [-0.15, -0.1) is 0 Å². The molecule has 1 atom stereocenters. The van der Waals surface area contributed by atoms with E-state index in [1.807, 2.05) is 30.3 Å². The third-order valence-electron chi connectivity index (χ3n) is 3.75. The summed E-state index contributed by atoms with van der Waals surface area (Å²) in [5.41, 5.74) is -0.399. The minimum atomic E-state index is -3.57. The molecule has 1 unspecified atom stereocenters. The molecule has 24 heavy (non-hydrogen) atoms. The number of hydrogen-bond acceptors (Lipinski definition) is 4. The fourth-order valence-corrected chi connectivity index (χ4v) is 3.68. The number of carbonyl (C=O) groups is 2. The van der Waals surface area contributed by atoms with Crippen LogP contribution in [0.3, 0.4) is 0 Å². The minimum Gasteiger partial charge on any atom is -0.480 e. The summed E-state index contributed by atoms with van der Waals surface area (Å²) in [4.78, 5) is 23.2. The number of carboxylic acids is 1. The molecule has 7 heteroatoms. The second kappa shape index (κ2) is 8.82. The van der Waals surface area contributed by atoms with Gasteiger partial charge in [-0.25, -0.2) is 13.2 Å². The normalized spacial score (nSPS) is 13.9. The van der Waals surface area contributed by atoms with E-state index in [0.29, 0.717) is 19.3 Å². The maximum atomic E-state index is 12.0. The zero-order valence-corrected chi connectivity index (χ0v) is 14.9. The van der Waals surface area contributed by atoms with E-state index in [1.165, 1.54) is 6.92 Å². The van der Waals surface area contributed by atoms with Crippen LogP contribution in [0.5, 0.6) is 0 Å². The highest BCUT2D eigenvalue weighted by Gasteiger charge is 2.34. The Morgan fingerprint density at radius 1 is 1.21 bits per heavy atom. The van der Waals surface area contributed by atoms with Crippen molar-refractivity contribution in [2.45, 2.75) is 45.1 Å². The first-order chi connectivity index (χ1) is 11.2. The van der Waals surface area contributed by atoms with Crippen molar-refractivity contribution in [2.75, 3.05) is 11.5 Å². The summed E-state index contributed by atoms with van der Waals surface area (Å²) < 4.78 is 24.1. The van der Waals surface area contributed by atoms with Crippen molar-refractivity contribution < 1.29 is 23.1 Å². The Hall–Kier alpha value is -1.89. The molecular formula is C17H25NO5S. The number of benzene rings is 1. The van der Waals surface area contributed by atoms with Gasteiger partial charge in [-0.2, -0.15) is 0 Å². The van der Waals surface area contributed by atoms with Gasteiger partial charge in [0, 0.05) is 0 Å². The molecule has 1 aromatic carbocycles. The topological polar surface area (TPSA) is 101 Å². The molecule has 0 heterocycles. The lowest BCUT2D eigenvalue weighted by Crippen LogP contribution is -2.53. The summed E-state index contributed by atoms with van der Waals surface area (Å²) in [6, 6.07) is 9.50. The average molecular weight is 355 g/mol. The lowest BCUT2D eigenvalue weighted by atomic mass is 9.96. The zero-order valence-electron chi connectivity index (χ0n) is 14.1. The van der Waals surface area contributed by atoms with Crippen molar-refractivity contribution in [3.8, 4) is 0 Å². The molecule has 1 rings (SSSR count). The van der Waals surface area contributed by atoms with Crippen molar-refractivity contribution in [1.82, 2.24) is 5.32 Å². The Morgan fingerprint density at radius 3 is 2.38 bits per heavy atom. The molecule has 0 bridgehead atoms. The van der Waals surface area contributed by atoms with Crippen molar-refractivity contribution >= 4 is 21.7 Å². The van der Waals surface area contributed by atoms with E-state index in [2.05, 4.69) is 5.32 Å². The average Bonchev–Trinajstić information content (AvgIpc) is 2.47. The number of carbonyl (C=O) groups excluding carboxylic acids is 1. The second-order valence-electron chi connectivity index (χ2n) is 6.12. The first kappa shape index (κ1) is 20.2. The lowest BCUT2D eigenvalue weighted by Gasteiger charge is -2.25. The van der Waals surface area contributed by atoms with Crippen LogP contribution in [-0.4, -0.2) is 42.4 Å². The van der Waals surface area contributed by atoms with Gasteiger partial charge in [-0.05, 0) is 31.7 Å². The Kier molecular flexibility index (Phi) is 7.41. The Labute approximate surface area is 143 Å². The lowest BCUT2D eigenvalue weighted by molar-refractivity contribution is -0.146. The summed E-state index contributed by atoms with van der Waals surface area (Å²) in [6.45, 7) is 3.19. The highest BCUT2D eigenvalue weighted by Crippen LogP contribution is 2.13. The maximum Gasteiger partial charge on any atom is 0.329 e. The number of hydrogen-bond donors (Lipinski definition) is 2. The van der Waals surface area contributed by atoms with Crippen molar-refractivity contribution in [3.63, 3.8) is 0 Å². The SMILES string of the molecule is CCCC(C)(NC(=O)CS(=O)(=O)CCCc1ccccc1)C(=O)O. The number of amides is 1. The van der Waals surface area contributed by atoms with Crippen LogP contribution in [0.25, 0.3) is 0 Å². The molecule has 0 fully saturated rings. The van der Waals surface area contributed by atoms with Gasteiger partial charge in [0.25, 0.3) is 0 Å². The third kappa shape index (κ3) is 6.70. The van der Waals surface area contributed by atoms with E-state index >= 15 is 0 Å². The molecule has 1 amide bonds. The molecule has 0 aliphatic heterocycles. The van der Waals surface area contributed by atoms with Crippen LogP contribution in [0.15, 0.2) is 30.3 Å². The van der Waals surface area contributed by atoms with Gasteiger partial charge in [-0.1, -0.05) is 43.7 Å². The molecule has 0 aliphatic carbocycles. The van der Waals surface area contributed by atoms with Crippen LogP contribution in [0.4, 0.5) is 0 Å². The fourth-order valence-electron chi connectivity index (χ4n) is 2.48. The molecule has 0 aliphatic rings. The minimum absolute atomic E-state index is 0.104. The highest BCUT2D eigenvalue weighted by molar-refractivity contribution is 7.92. The molecule has 134 valence electrons. The fraction of sp³-hybridized carbons (Fsp3) is 0.529. The standard InChI is InChI=1S/C17H25NO5S/c1-3-11-17(2,16(20)21)18-15(19)13-24(22,23)12-7-10-14-8-5-4-6-9-14/h4-6,8-9H,3,7,10-13H2,1-2H3,(H,18,19)(H,20,21). The third-order valence-corrected chi connectivity index (χ3v) is 5.36. The predicted molar refractivity (Wildman–Crippen MR) is 92.5 cm³/mol. The number of nitrogens with one attached hydrogen (secondary N) is 1. The number of aliphatic carboxylic acids is 1. The number of aryl methyl sites for hydroxylation is 1. The molecule has 0 aromatic heterocycles. The highest BCUT2D eigenvalue weighted by atomic mass is 32.2. The maximum absolute atomic E-state index is 12.0. The van der Waals surface area contributed by atoms with E-state index < -0.39 is 33.0 Å². The van der Waals surface area contributed by atoms with E-state index in [9.17, 15) is 23.1 Å². The van der Waals surface area contributed by atoms with E-state index in [0.717, 1.165) is 5.56 Å². The van der Waals surface area contributed by atoms with E-state index in [1.54, 1.807) is 6.92 Å². The van der Waals surface area contributed by atoms with Gasteiger partial charge in [-0.3, -0.25) is 4.79 Å².